The van der Waals surface area contributed by atoms with E-state index in [0.717, 1.165) is 31.3 Å². The van der Waals surface area contributed by atoms with E-state index in [4.69, 9.17) is 4.99 Å². The summed E-state index contributed by atoms with van der Waals surface area (Å²) in [7, 11) is 2.02. The summed E-state index contributed by atoms with van der Waals surface area (Å²) < 4.78 is 27.4. The van der Waals surface area contributed by atoms with Gasteiger partial charge in [0.15, 0.2) is 0 Å². The molecular weight excluding hydrogens is 689 g/mol. The first-order chi connectivity index (χ1) is 18.4. The average molecular weight is 717 g/mol. The van der Waals surface area contributed by atoms with Crippen molar-refractivity contribution >= 4 is 21.4 Å². The number of carbonyl (C=O) groups excluding carboxylic acids is 1. The van der Waals surface area contributed by atoms with E-state index in [1.165, 1.54) is 12.1 Å². The van der Waals surface area contributed by atoms with E-state index in [-0.39, 0.29) is 62.5 Å². The molecule has 0 aliphatic carbocycles. The molecule has 0 saturated carbocycles. The molecule has 1 aliphatic rings. The molecule has 191 valence electrons. The zero-order valence-electron chi connectivity index (χ0n) is 21.3. The second-order valence-electron chi connectivity index (χ2n) is 9.14. The SMILES string of the molecule is C=CC1=C(N=[C]([Hg])N(C)C(c2ccccc2)c2ccc(F)cc2)CN(C(=O)Cc2ccc(SF)cc2)CC1. The molecule has 3 aromatic rings. The third-order valence-corrected chi connectivity index (χ3v) is 9.69. The summed E-state index contributed by atoms with van der Waals surface area (Å²) in [5, 5.41) is 0. The van der Waals surface area contributed by atoms with Gasteiger partial charge in [-0.3, -0.25) is 0 Å². The van der Waals surface area contributed by atoms with Crippen LogP contribution in [-0.2, 0) is 37.3 Å². The zero-order valence-corrected chi connectivity index (χ0v) is 27.6. The van der Waals surface area contributed by atoms with Crippen molar-refractivity contribution in [3.63, 3.8) is 0 Å². The summed E-state index contributed by atoms with van der Waals surface area (Å²) in [6, 6.07) is 23.6. The van der Waals surface area contributed by atoms with Gasteiger partial charge in [-0.25, -0.2) is 0 Å². The Bertz CT molecular complexity index is 1330. The number of benzene rings is 3. The van der Waals surface area contributed by atoms with Crippen LogP contribution in [0.3, 0.4) is 0 Å². The first kappa shape index (κ1) is 28.2. The summed E-state index contributed by atoms with van der Waals surface area (Å²) in [5.41, 5.74) is 4.83. The van der Waals surface area contributed by atoms with E-state index in [9.17, 15) is 13.1 Å². The third kappa shape index (κ3) is 7.00. The van der Waals surface area contributed by atoms with E-state index in [2.05, 4.69) is 23.6 Å². The van der Waals surface area contributed by atoms with Gasteiger partial charge in [-0.2, -0.15) is 3.89 Å². The number of hydrogen-bond donors (Lipinski definition) is 0. The number of aliphatic imine (C=N–C) groups is 1. The predicted octanol–water partition coefficient (Wildman–Crippen LogP) is 6.64. The number of hydrogen-bond acceptors (Lipinski definition) is 3. The number of amides is 1. The minimum absolute atomic E-state index is 0.0167. The van der Waals surface area contributed by atoms with Gasteiger partial charge in [0.25, 0.3) is 0 Å². The molecule has 0 fully saturated rings. The first-order valence-corrected chi connectivity index (χ1v) is 15.8. The maximum atomic E-state index is 13.7. The van der Waals surface area contributed by atoms with Crippen LogP contribution < -0.4 is 0 Å². The molecule has 0 N–H and O–H groups in total. The Morgan fingerprint density at radius 2 is 1.76 bits per heavy atom. The molecule has 0 bridgehead atoms. The van der Waals surface area contributed by atoms with Crippen LogP contribution in [-0.4, -0.2) is 39.2 Å². The number of nitrogens with zero attached hydrogens (tertiary/aromatic N) is 3. The summed E-state index contributed by atoms with van der Waals surface area (Å²) in [6.45, 7) is 5.01. The third-order valence-electron chi connectivity index (χ3n) is 6.69. The molecule has 8 heteroatoms. The van der Waals surface area contributed by atoms with Crippen LogP contribution in [0, 0.1) is 5.82 Å². The summed E-state index contributed by atoms with van der Waals surface area (Å²) >= 11 is 0.348. The quantitative estimate of drug-likeness (QED) is 0.149. The zero-order chi connectivity index (χ0) is 27.1. The van der Waals surface area contributed by atoms with Crippen molar-refractivity contribution in [1.29, 1.82) is 0 Å². The van der Waals surface area contributed by atoms with Crippen LogP contribution >= 0.6 is 12.1 Å². The molecule has 0 aromatic heterocycles. The molecule has 0 spiro atoms. The van der Waals surface area contributed by atoms with Gasteiger partial charge in [-0.05, 0) is 0 Å². The molecule has 3 aromatic carbocycles. The van der Waals surface area contributed by atoms with E-state index < -0.39 is 0 Å². The van der Waals surface area contributed by atoms with Crippen molar-refractivity contribution in [1.82, 2.24) is 9.80 Å². The number of amidine groups is 1. The number of halogens is 2. The fraction of sp³-hybridized carbons (Fsp3) is 0.200. The second-order valence-corrected chi connectivity index (χ2v) is 12.2. The van der Waals surface area contributed by atoms with Crippen LogP contribution in [0.5, 0.6) is 0 Å². The molecule has 1 atom stereocenters. The Morgan fingerprint density at radius 3 is 2.39 bits per heavy atom. The van der Waals surface area contributed by atoms with Gasteiger partial charge in [-0.1, -0.05) is 0 Å². The van der Waals surface area contributed by atoms with Gasteiger partial charge in [0.05, 0.1) is 0 Å². The molecule has 1 heterocycles. The molecule has 1 aliphatic heterocycles. The molecule has 0 saturated heterocycles. The normalized spacial score (nSPS) is 14.9. The van der Waals surface area contributed by atoms with E-state index in [1.54, 1.807) is 24.3 Å². The van der Waals surface area contributed by atoms with Crippen molar-refractivity contribution in [2.45, 2.75) is 23.8 Å². The monoisotopic (exact) mass is 718 g/mol. The molecule has 38 heavy (non-hydrogen) atoms. The molecule has 1 unspecified atom stereocenters. The topological polar surface area (TPSA) is 35.9 Å². The standard InChI is InChI=1S/C30H28F2N3OS.Hg/c1-3-23-17-18-35(29(36)19-22-9-15-27(37-32)16-10-22)20-28(23)33-21-34(2)30(24-7-5-4-6-8-24)25-11-13-26(31)14-12-25;/h3-16,30H,1,17-20H2,2H3;. The van der Waals surface area contributed by atoms with Gasteiger partial charge in [0.1, 0.15) is 0 Å². The Kier molecular flexibility index (Phi) is 9.91. The van der Waals surface area contributed by atoms with Crippen LogP contribution in [0.25, 0.3) is 0 Å². The Labute approximate surface area is 243 Å². The fourth-order valence-corrected chi connectivity index (χ4v) is 6.24. The number of allylic oxidation sites excluding steroid dienone is 1. The summed E-state index contributed by atoms with van der Waals surface area (Å²) in [4.78, 5) is 22.7. The predicted molar refractivity (Wildman–Crippen MR) is 145 cm³/mol. The van der Waals surface area contributed by atoms with Crippen molar-refractivity contribution < 1.29 is 39.2 Å². The van der Waals surface area contributed by atoms with Crippen molar-refractivity contribution in [2.75, 3.05) is 20.1 Å². The van der Waals surface area contributed by atoms with Gasteiger partial charge in [0, 0.05) is 0 Å². The number of carbonyl (C=O) groups is 1. The van der Waals surface area contributed by atoms with Crippen LogP contribution in [0.2, 0.25) is 0 Å². The van der Waals surface area contributed by atoms with Gasteiger partial charge in [0.2, 0.25) is 0 Å². The Hall–Kier alpha value is -2.77. The summed E-state index contributed by atoms with van der Waals surface area (Å²) in [5.74, 6) is -0.250. The Morgan fingerprint density at radius 1 is 1.11 bits per heavy atom. The van der Waals surface area contributed by atoms with Crippen molar-refractivity contribution in [3.05, 3.63) is 125 Å². The Balaban J connectivity index is 1.56. The molecule has 4 nitrogen and oxygen atoms in total. The molecule has 1 amide bonds. The fourth-order valence-electron chi connectivity index (χ4n) is 4.55. The van der Waals surface area contributed by atoms with Crippen molar-refractivity contribution in [3.8, 4) is 0 Å². The van der Waals surface area contributed by atoms with Crippen LogP contribution in [0.15, 0.2) is 113 Å². The van der Waals surface area contributed by atoms with Gasteiger partial charge >= 0.3 is 241 Å². The van der Waals surface area contributed by atoms with Crippen LogP contribution in [0.1, 0.15) is 29.2 Å². The van der Waals surface area contributed by atoms with E-state index >= 15 is 0 Å². The first-order valence-electron chi connectivity index (χ1n) is 12.3. The van der Waals surface area contributed by atoms with E-state index in [1.807, 2.05) is 48.4 Å². The van der Waals surface area contributed by atoms with E-state index in [0.29, 0.717) is 24.4 Å². The summed E-state index contributed by atoms with van der Waals surface area (Å²) in [6.07, 6.45) is 2.79. The molecule has 0 radical (unpaired) electrons. The molecule has 4 rings (SSSR count). The second kappa shape index (κ2) is 13.3. The molecular formula is C30H28F2HgN3OS. The maximum absolute atomic E-state index is 13.7. The average Bonchev–Trinajstić information content (AvgIpc) is 2.95. The minimum atomic E-state index is -0.267. The van der Waals surface area contributed by atoms with Gasteiger partial charge in [-0.15, -0.1) is 0 Å². The van der Waals surface area contributed by atoms with Gasteiger partial charge < -0.3 is 0 Å². The van der Waals surface area contributed by atoms with Crippen LogP contribution in [0.4, 0.5) is 8.28 Å². The van der Waals surface area contributed by atoms with Crippen molar-refractivity contribution in [2.24, 2.45) is 4.99 Å². The number of rotatable bonds is 8.